The number of hydrogen-bond donors (Lipinski definition) is 1. The Kier molecular flexibility index (Phi) is 8.76. The monoisotopic (exact) mass is 279 g/mol. The maximum absolute atomic E-state index is 5.77. The summed E-state index contributed by atoms with van der Waals surface area (Å²) >= 11 is 0. The van der Waals surface area contributed by atoms with Crippen LogP contribution in [0, 0.1) is 6.92 Å². The van der Waals surface area contributed by atoms with Crippen molar-refractivity contribution >= 4 is 5.95 Å². The first-order valence-electron chi connectivity index (χ1n) is 7.98. The smallest absolute Gasteiger partial charge is 0.225 e. The molecule has 0 fully saturated rings. The summed E-state index contributed by atoms with van der Waals surface area (Å²) in [6, 6.07) is 0. The molecule has 0 atom stereocenters. The molecule has 0 radical (unpaired) electrons. The Morgan fingerprint density at radius 3 is 2.55 bits per heavy atom. The van der Waals surface area contributed by atoms with Crippen molar-refractivity contribution < 1.29 is 4.74 Å². The molecule has 1 aromatic heterocycles. The minimum Gasteiger partial charge on any atom is -0.477 e. The van der Waals surface area contributed by atoms with Gasteiger partial charge in [0.25, 0.3) is 0 Å². The maximum Gasteiger partial charge on any atom is 0.225 e. The van der Waals surface area contributed by atoms with Crippen molar-refractivity contribution in [1.82, 2.24) is 9.97 Å². The van der Waals surface area contributed by atoms with Gasteiger partial charge in [0, 0.05) is 18.3 Å². The highest BCUT2D eigenvalue weighted by atomic mass is 16.5. The number of rotatable bonds is 11. The van der Waals surface area contributed by atoms with Gasteiger partial charge in [-0.2, -0.15) is 4.98 Å². The van der Waals surface area contributed by atoms with E-state index in [0.717, 1.165) is 31.6 Å². The van der Waals surface area contributed by atoms with Crippen LogP contribution in [0.4, 0.5) is 5.95 Å². The van der Waals surface area contributed by atoms with Crippen LogP contribution in [0.15, 0.2) is 6.20 Å². The van der Waals surface area contributed by atoms with Gasteiger partial charge in [0.15, 0.2) is 0 Å². The second-order valence-corrected chi connectivity index (χ2v) is 5.22. The third kappa shape index (κ3) is 6.73. The lowest BCUT2D eigenvalue weighted by atomic mass is 10.1. The van der Waals surface area contributed by atoms with E-state index in [1.165, 1.54) is 32.1 Å². The van der Waals surface area contributed by atoms with Gasteiger partial charge in [0.05, 0.1) is 6.61 Å². The van der Waals surface area contributed by atoms with Gasteiger partial charge in [0.1, 0.15) is 0 Å². The van der Waals surface area contributed by atoms with Gasteiger partial charge in [-0.1, -0.05) is 46.0 Å². The summed E-state index contributed by atoms with van der Waals surface area (Å²) in [5.41, 5.74) is 0.998. The molecule has 1 heterocycles. The van der Waals surface area contributed by atoms with Crippen molar-refractivity contribution in [1.29, 1.82) is 0 Å². The molecule has 4 heteroatoms. The molecule has 20 heavy (non-hydrogen) atoms. The molecule has 1 N–H and O–H groups in total. The number of unbranched alkanes of at least 4 members (excludes halogenated alkanes) is 5. The third-order valence-corrected chi connectivity index (χ3v) is 3.20. The highest BCUT2D eigenvalue weighted by Crippen LogP contribution is 2.16. The number of ether oxygens (including phenoxy) is 1. The van der Waals surface area contributed by atoms with Crippen molar-refractivity contribution in [3.05, 3.63) is 11.8 Å². The number of aromatic nitrogens is 2. The molecule has 1 aromatic rings. The third-order valence-electron chi connectivity index (χ3n) is 3.20. The SMILES string of the molecule is CCCCCCCCOc1nc(NCCC)ncc1C. The van der Waals surface area contributed by atoms with Gasteiger partial charge < -0.3 is 10.1 Å². The Hall–Kier alpha value is -1.32. The van der Waals surface area contributed by atoms with Crippen molar-refractivity contribution in [3.63, 3.8) is 0 Å². The fourth-order valence-electron chi connectivity index (χ4n) is 1.95. The van der Waals surface area contributed by atoms with Crippen LogP contribution in [-0.2, 0) is 0 Å². The molecule has 0 bridgehead atoms. The lowest BCUT2D eigenvalue weighted by Crippen LogP contribution is -2.07. The zero-order valence-corrected chi connectivity index (χ0v) is 13.2. The van der Waals surface area contributed by atoms with E-state index < -0.39 is 0 Å². The van der Waals surface area contributed by atoms with Crippen LogP contribution in [0.5, 0.6) is 5.88 Å². The fourth-order valence-corrected chi connectivity index (χ4v) is 1.95. The van der Waals surface area contributed by atoms with Crippen molar-refractivity contribution in [2.45, 2.75) is 65.7 Å². The van der Waals surface area contributed by atoms with Gasteiger partial charge in [-0.05, 0) is 19.8 Å². The van der Waals surface area contributed by atoms with Crippen LogP contribution >= 0.6 is 0 Å². The first-order chi connectivity index (χ1) is 9.77. The second kappa shape index (κ2) is 10.5. The predicted octanol–water partition coefficient (Wildman–Crippen LogP) is 4.35. The molecule has 0 aliphatic carbocycles. The first kappa shape index (κ1) is 16.7. The van der Waals surface area contributed by atoms with E-state index >= 15 is 0 Å². The molecule has 4 nitrogen and oxygen atoms in total. The van der Waals surface area contributed by atoms with Gasteiger partial charge >= 0.3 is 0 Å². The molecule has 0 saturated heterocycles. The highest BCUT2D eigenvalue weighted by molar-refractivity contribution is 5.32. The van der Waals surface area contributed by atoms with E-state index in [0.29, 0.717) is 11.8 Å². The Labute approximate surface area is 123 Å². The van der Waals surface area contributed by atoms with E-state index in [9.17, 15) is 0 Å². The normalized spacial score (nSPS) is 10.6. The topological polar surface area (TPSA) is 47.0 Å². The van der Waals surface area contributed by atoms with Gasteiger partial charge in [-0.3, -0.25) is 0 Å². The van der Waals surface area contributed by atoms with Crippen molar-refractivity contribution in [2.24, 2.45) is 0 Å². The molecule has 0 unspecified atom stereocenters. The Morgan fingerprint density at radius 1 is 1.05 bits per heavy atom. The summed E-state index contributed by atoms with van der Waals surface area (Å²) in [6.45, 7) is 7.99. The van der Waals surface area contributed by atoms with Gasteiger partial charge in [0.2, 0.25) is 11.8 Å². The molecule has 0 amide bonds. The van der Waals surface area contributed by atoms with Crippen LogP contribution in [0.1, 0.15) is 64.4 Å². The van der Waals surface area contributed by atoms with Crippen LogP contribution in [0.25, 0.3) is 0 Å². The Bertz CT molecular complexity index is 369. The molecule has 1 rings (SSSR count). The first-order valence-corrected chi connectivity index (χ1v) is 7.98. The molecule has 0 aliphatic heterocycles. The second-order valence-electron chi connectivity index (χ2n) is 5.22. The average molecular weight is 279 g/mol. The number of anilines is 1. The standard InChI is InChI=1S/C16H29N3O/c1-4-6-7-8-9-10-12-20-15-14(3)13-18-16(19-15)17-11-5-2/h13H,4-12H2,1-3H3,(H,17,18,19). The number of aryl methyl sites for hydroxylation is 1. The number of nitrogens with one attached hydrogen (secondary N) is 1. The Balaban J connectivity index is 2.27. The predicted molar refractivity (Wildman–Crippen MR) is 84.4 cm³/mol. The van der Waals surface area contributed by atoms with E-state index in [-0.39, 0.29) is 0 Å². The Morgan fingerprint density at radius 2 is 1.80 bits per heavy atom. The molecule has 114 valence electrons. The van der Waals surface area contributed by atoms with E-state index in [4.69, 9.17) is 4.74 Å². The zero-order valence-electron chi connectivity index (χ0n) is 13.2. The van der Waals surface area contributed by atoms with Crippen LogP contribution < -0.4 is 10.1 Å². The van der Waals surface area contributed by atoms with Crippen LogP contribution in [-0.4, -0.2) is 23.1 Å². The summed E-state index contributed by atoms with van der Waals surface area (Å²) in [5.74, 6) is 1.38. The van der Waals surface area contributed by atoms with Crippen molar-refractivity contribution in [2.75, 3.05) is 18.5 Å². The molecular weight excluding hydrogens is 250 g/mol. The summed E-state index contributed by atoms with van der Waals surface area (Å²) in [6.07, 6.45) is 10.5. The average Bonchev–Trinajstić information content (AvgIpc) is 2.46. The van der Waals surface area contributed by atoms with Gasteiger partial charge in [-0.15, -0.1) is 0 Å². The zero-order chi connectivity index (χ0) is 14.6. The summed E-state index contributed by atoms with van der Waals surface area (Å²) in [7, 11) is 0. The van der Waals surface area contributed by atoms with Crippen LogP contribution in [0.2, 0.25) is 0 Å². The lowest BCUT2D eigenvalue weighted by Gasteiger charge is -2.10. The van der Waals surface area contributed by atoms with E-state index in [2.05, 4.69) is 29.1 Å². The van der Waals surface area contributed by atoms with E-state index in [1.54, 1.807) is 0 Å². The van der Waals surface area contributed by atoms with E-state index in [1.807, 2.05) is 13.1 Å². The molecule has 0 aromatic carbocycles. The van der Waals surface area contributed by atoms with Crippen LogP contribution in [0.3, 0.4) is 0 Å². The number of nitrogens with zero attached hydrogens (tertiary/aromatic N) is 2. The number of hydrogen-bond acceptors (Lipinski definition) is 4. The summed E-state index contributed by atoms with van der Waals surface area (Å²) < 4.78 is 5.77. The summed E-state index contributed by atoms with van der Waals surface area (Å²) in [4.78, 5) is 8.66. The maximum atomic E-state index is 5.77. The van der Waals surface area contributed by atoms with Crippen molar-refractivity contribution in [3.8, 4) is 5.88 Å². The molecular formula is C16H29N3O. The van der Waals surface area contributed by atoms with Gasteiger partial charge in [-0.25, -0.2) is 4.98 Å². The summed E-state index contributed by atoms with van der Waals surface area (Å²) in [5, 5.41) is 3.18. The lowest BCUT2D eigenvalue weighted by molar-refractivity contribution is 0.291. The highest BCUT2D eigenvalue weighted by Gasteiger charge is 2.04. The quantitative estimate of drug-likeness (QED) is 0.612. The fraction of sp³-hybridized carbons (Fsp3) is 0.750. The molecule has 0 saturated carbocycles. The minimum absolute atomic E-state index is 0.662. The molecule has 0 spiro atoms. The largest absolute Gasteiger partial charge is 0.477 e. The molecule has 0 aliphatic rings. The minimum atomic E-state index is 0.662.